The van der Waals surface area contributed by atoms with Crippen LogP contribution in [0, 0.1) is 0 Å². The maximum absolute atomic E-state index is 5.96. The van der Waals surface area contributed by atoms with Crippen LogP contribution in [0.3, 0.4) is 0 Å². The molecule has 0 radical (unpaired) electrons. The Kier molecular flexibility index (Phi) is 9.98. The maximum Gasteiger partial charge on any atom is 0.191 e. The Morgan fingerprint density at radius 3 is 2.48 bits per heavy atom. The van der Waals surface area contributed by atoms with Gasteiger partial charge in [0.25, 0.3) is 0 Å². The molecule has 1 aromatic rings. The molecule has 0 atom stereocenters. The molecule has 0 saturated heterocycles. The predicted molar refractivity (Wildman–Crippen MR) is 103 cm³/mol. The highest BCUT2D eigenvalue weighted by Crippen LogP contribution is 2.10. The van der Waals surface area contributed by atoms with E-state index in [1.807, 2.05) is 24.3 Å². The van der Waals surface area contributed by atoms with Gasteiger partial charge in [-0.15, -0.1) is 24.0 Å². The Morgan fingerprint density at radius 1 is 1.19 bits per heavy atom. The molecule has 1 rings (SSSR count). The number of benzene rings is 1. The first-order valence-electron chi connectivity index (χ1n) is 6.85. The van der Waals surface area contributed by atoms with Crippen molar-refractivity contribution in [2.75, 3.05) is 20.1 Å². The molecule has 0 unspecified atom stereocenters. The van der Waals surface area contributed by atoms with Gasteiger partial charge in [0.1, 0.15) is 0 Å². The largest absolute Gasteiger partial charge is 0.355 e. The molecule has 1 aromatic carbocycles. The lowest BCUT2D eigenvalue weighted by Crippen LogP contribution is -2.44. The van der Waals surface area contributed by atoms with Crippen molar-refractivity contribution in [2.45, 2.75) is 32.9 Å². The monoisotopic (exact) mass is 424 g/mol. The summed E-state index contributed by atoms with van der Waals surface area (Å²) in [5, 5.41) is 10.7. The topological polar surface area (TPSA) is 48.5 Å². The van der Waals surface area contributed by atoms with Crippen LogP contribution in [0.5, 0.6) is 0 Å². The summed E-state index contributed by atoms with van der Waals surface area (Å²) in [4.78, 5) is 4.19. The number of nitrogens with zero attached hydrogens (tertiary/aromatic N) is 1. The lowest BCUT2D eigenvalue weighted by Gasteiger charge is -2.21. The van der Waals surface area contributed by atoms with E-state index in [4.69, 9.17) is 11.6 Å². The van der Waals surface area contributed by atoms with Crippen LogP contribution in [-0.4, -0.2) is 31.6 Å². The normalized spacial score (nSPS) is 11.8. The van der Waals surface area contributed by atoms with Crippen molar-refractivity contribution in [1.29, 1.82) is 0 Å². The zero-order valence-corrected chi connectivity index (χ0v) is 16.3. The van der Waals surface area contributed by atoms with E-state index in [1.54, 1.807) is 7.05 Å². The molecule has 0 spiro atoms. The van der Waals surface area contributed by atoms with Crippen LogP contribution in [-0.2, 0) is 6.54 Å². The van der Waals surface area contributed by atoms with E-state index in [9.17, 15) is 0 Å². The summed E-state index contributed by atoms with van der Waals surface area (Å²) in [6, 6.07) is 7.80. The summed E-state index contributed by atoms with van der Waals surface area (Å²) in [5.41, 5.74) is 1.27. The molecule has 4 nitrogen and oxygen atoms in total. The molecule has 0 aliphatic carbocycles. The minimum absolute atomic E-state index is 0. The fourth-order valence-corrected chi connectivity index (χ4v) is 1.88. The van der Waals surface area contributed by atoms with Crippen LogP contribution in [0.25, 0.3) is 0 Å². The van der Waals surface area contributed by atoms with Crippen LogP contribution in [0.2, 0.25) is 5.02 Å². The zero-order chi connectivity index (χ0) is 15.0. The molecule has 21 heavy (non-hydrogen) atoms. The summed E-state index contributed by atoms with van der Waals surface area (Å²) in [6.07, 6.45) is 0. The summed E-state index contributed by atoms with van der Waals surface area (Å²) >= 11 is 5.96. The Bertz CT molecular complexity index is 444. The third kappa shape index (κ3) is 9.92. The maximum atomic E-state index is 5.96. The van der Waals surface area contributed by atoms with E-state index in [-0.39, 0.29) is 29.5 Å². The first kappa shape index (κ1) is 20.5. The Hall–Kier alpha value is -0.530. The molecule has 0 fully saturated rings. The number of hydrogen-bond acceptors (Lipinski definition) is 2. The number of rotatable bonds is 5. The molecular weight excluding hydrogens is 399 g/mol. The average molecular weight is 425 g/mol. The molecule has 0 aromatic heterocycles. The van der Waals surface area contributed by atoms with E-state index in [0.717, 1.165) is 29.6 Å². The van der Waals surface area contributed by atoms with Crippen molar-refractivity contribution in [3.8, 4) is 0 Å². The van der Waals surface area contributed by atoms with Gasteiger partial charge in [0.15, 0.2) is 5.96 Å². The summed E-state index contributed by atoms with van der Waals surface area (Å²) < 4.78 is 0. The molecule has 0 aliphatic heterocycles. The molecule has 3 N–H and O–H groups in total. The van der Waals surface area contributed by atoms with Crippen LogP contribution in [0.1, 0.15) is 26.3 Å². The highest BCUT2D eigenvalue weighted by Gasteiger charge is 2.07. The van der Waals surface area contributed by atoms with Crippen molar-refractivity contribution in [3.05, 3.63) is 34.9 Å². The summed E-state index contributed by atoms with van der Waals surface area (Å²) in [5.74, 6) is 0.792. The Morgan fingerprint density at radius 2 is 1.90 bits per heavy atom. The second kappa shape index (κ2) is 10.2. The summed E-state index contributed by atoms with van der Waals surface area (Å²) in [6.45, 7) is 8.87. The van der Waals surface area contributed by atoms with Gasteiger partial charge >= 0.3 is 0 Å². The van der Waals surface area contributed by atoms with Crippen LogP contribution < -0.4 is 16.0 Å². The zero-order valence-electron chi connectivity index (χ0n) is 13.2. The number of halogens is 2. The third-order valence-electron chi connectivity index (χ3n) is 2.65. The minimum Gasteiger partial charge on any atom is -0.355 e. The van der Waals surface area contributed by atoms with Gasteiger partial charge in [-0.3, -0.25) is 4.99 Å². The molecule has 6 heteroatoms. The SMILES string of the molecule is CN=C(NCCNC(C)(C)C)NCc1cccc(Cl)c1.I. The fraction of sp³-hybridized carbons (Fsp3) is 0.533. The minimum atomic E-state index is 0. The lowest BCUT2D eigenvalue weighted by atomic mass is 10.1. The molecule has 0 amide bonds. The molecule has 120 valence electrons. The fourth-order valence-electron chi connectivity index (χ4n) is 1.67. The Balaban J connectivity index is 0.00000400. The van der Waals surface area contributed by atoms with E-state index < -0.39 is 0 Å². The van der Waals surface area contributed by atoms with Gasteiger partial charge in [-0.25, -0.2) is 0 Å². The van der Waals surface area contributed by atoms with E-state index >= 15 is 0 Å². The third-order valence-corrected chi connectivity index (χ3v) is 2.88. The van der Waals surface area contributed by atoms with Gasteiger partial charge in [-0.1, -0.05) is 23.7 Å². The number of nitrogens with one attached hydrogen (secondary N) is 3. The van der Waals surface area contributed by atoms with E-state index in [0.29, 0.717) is 6.54 Å². The highest BCUT2D eigenvalue weighted by atomic mass is 127. The number of aliphatic imine (C=N–C) groups is 1. The summed E-state index contributed by atoms with van der Waals surface area (Å²) in [7, 11) is 1.77. The van der Waals surface area contributed by atoms with Crippen molar-refractivity contribution < 1.29 is 0 Å². The number of hydrogen-bond donors (Lipinski definition) is 3. The van der Waals surface area contributed by atoms with Crippen molar-refractivity contribution >= 4 is 41.5 Å². The molecule has 0 aliphatic rings. The standard InChI is InChI=1S/C15H25ClN4.HI/c1-15(2,3)20-9-8-18-14(17-4)19-11-12-6-5-7-13(16)10-12;/h5-7,10,20H,8-9,11H2,1-4H3,(H2,17,18,19);1H. The van der Waals surface area contributed by atoms with Gasteiger partial charge in [-0.05, 0) is 38.5 Å². The van der Waals surface area contributed by atoms with E-state index in [2.05, 4.69) is 41.7 Å². The quantitative estimate of drug-likeness (QED) is 0.295. The second-order valence-electron chi connectivity index (χ2n) is 5.66. The lowest BCUT2D eigenvalue weighted by molar-refractivity contribution is 0.428. The van der Waals surface area contributed by atoms with Gasteiger partial charge in [0.2, 0.25) is 0 Å². The van der Waals surface area contributed by atoms with Crippen molar-refractivity contribution in [2.24, 2.45) is 4.99 Å². The Labute approximate surface area is 150 Å². The second-order valence-corrected chi connectivity index (χ2v) is 6.10. The smallest absolute Gasteiger partial charge is 0.191 e. The van der Waals surface area contributed by atoms with Gasteiger partial charge in [-0.2, -0.15) is 0 Å². The highest BCUT2D eigenvalue weighted by molar-refractivity contribution is 14.0. The van der Waals surface area contributed by atoms with Crippen molar-refractivity contribution in [3.63, 3.8) is 0 Å². The predicted octanol–water partition coefficient (Wildman–Crippen LogP) is 3.01. The number of guanidine groups is 1. The molecular formula is C15H26ClIN4. The molecule has 0 saturated carbocycles. The van der Waals surface area contributed by atoms with Crippen molar-refractivity contribution in [1.82, 2.24) is 16.0 Å². The molecule has 0 heterocycles. The van der Waals surface area contributed by atoms with Gasteiger partial charge in [0.05, 0.1) is 0 Å². The average Bonchev–Trinajstić information content (AvgIpc) is 2.37. The van der Waals surface area contributed by atoms with Crippen LogP contribution in [0.15, 0.2) is 29.3 Å². The van der Waals surface area contributed by atoms with Gasteiger partial charge < -0.3 is 16.0 Å². The van der Waals surface area contributed by atoms with Gasteiger partial charge in [0, 0.05) is 37.2 Å². The van der Waals surface area contributed by atoms with Crippen LogP contribution >= 0.6 is 35.6 Å². The van der Waals surface area contributed by atoms with Crippen LogP contribution in [0.4, 0.5) is 0 Å². The first-order chi connectivity index (χ1) is 9.40. The first-order valence-corrected chi connectivity index (χ1v) is 7.22. The van der Waals surface area contributed by atoms with E-state index in [1.165, 1.54) is 0 Å². The molecule has 0 bridgehead atoms.